The predicted molar refractivity (Wildman–Crippen MR) is 101 cm³/mol. The van der Waals surface area contributed by atoms with Gasteiger partial charge in [-0.25, -0.2) is 8.42 Å². The molecule has 0 radical (unpaired) electrons. The zero-order chi connectivity index (χ0) is 19.3. The van der Waals surface area contributed by atoms with Gasteiger partial charge in [-0.1, -0.05) is 0 Å². The highest BCUT2D eigenvalue weighted by atomic mass is 32.2. The Hall–Kier alpha value is -1.68. The monoisotopic (exact) mass is 397 g/mol. The zero-order valence-corrected chi connectivity index (χ0v) is 16.4. The fraction of sp³-hybridized carbons (Fsp3) is 0.611. The Balaban J connectivity index is 1.71. The summed E-state index contributed by atoms with van der Waals surface area (Å²) in [7, 11) is -2.29. The van der Waals surface area contributed by atoms with Gasteiger partial charge >= 0.3 is 0 Å². The first-order valence-electron chi connectivity index (χ1n) is 9.27. The van der Waals surface area contributed by atoms with Gasteiger partial charge in [0.05, 0.1) is 20.3 Å². The van der Waals surface area contributed by atoms with Crippen molar-refractivity contribution >= 4 is 21.6 Å². The Morgan fingerprint density at radius 3 is 2.81 bits per heavy atom. The largest absolute Gasteiger partial charge is 0.495 e. The third-order valence-corrected chi connectivity index (χ3v) is 6.90. The average molecular weight is 397 g/mol. The molecule has 27 heavy (non-hydrogen) atoms. The number of morpholine rings is 1. The zero-order valence-electron chi connectivity index (χ0n) is 15.6. The Labute approximate surface area is 160 Å². The standard InChI is InChI=1S/C18H27N3O5S/c1-25-16-4-3-15(20-18(22)5-2-14-6-7-19-13-14)12-17(16)27(23,24)21-8-10-26-11-9-21/h3-4,12,14,19H,2,5-11,13H2,1H3,(H,20,22). The molecule has 2 fully saturated rings. The van der Waals surface area contributed by atoms with Gasteiger partial charge in [0.25, 0.3) is 0 Å². The van der Waals surface area contributed by atoms with Gasteiger partial charge in [0.2, 0.25) is 15.9 Å². The number of ether oxygens (including phenoxy) is 2. The molecular formula is C18H27N3O5S. The summed E-state index contributed by atoms with van der Waals surface area (Å²) in [5.74, 6) is 0.683. The van der Waals surface area contributed by atoms with Crippen LogP contribution in [-0.2, 0) is 19.6 Å². The number of carbonyl (C=O) groups excluding carboxylic acids is 1. The molecule has 1 aromatic carbocycles. The SMILES string of the molecule is COc1ccc(NC(=O)CCC2CCNC2)cc1S(=O)(=O)N1CCOCC1. The van der Waals surface area contributed by atoms with Crippen molar-refractivity contribution < 1.29 is 22.7 Å². The molecule has 3 rings (SSSR count). The van der Waals surface area contributed by atoms with Gasteiger partial charge in [0.1, 0.15) is 10.6 Å². The number of carbonyl (C=O) groups is 1. The van der Waals surface area contributed by atoms with Crippen molar-refractivity contribution in [3.05, 3.63) is 18.2 Å². The molecule has 8 nitrogen and oxygen atoms in total. The topological polar surface area (TPSA) is 97.0 Å². The molecule has 2 aliphatic heterocycles. The van der Waals surface area contributed by atoms with Gasteiger partial charge in [-0.2, -0.15) is 4.31 Å². The normalized spacial score (nSPS) is 21.1. The minimum atomic E-state index is -3.72. The van der Waals surface area contributed by atoms with Crippen molar-refractivity contribution in [1.82, 2.24) is 9.62 Å². The number of nitrogens with one attached hydrogen (secondary N) is 2. The molecular weight excluding hydrogens is 370 g/mol. The number of rotatable bonds is 7. The lowest BCUT2D eigenvalue weighted by molar-refractivity contribution is -0.116. The van der Waals surface area contributed by atoms with Gasteiger partial charge in [-0.15, -0.1) is 0 Å². The van der Waals surface area contributed by atoms with Crippen molar-refractivity contribution in [2.75, 3.05) is 51.8 Å². The lowest BCUT2D eigenvalue weighted by atomic mass is 10.0. The number of sulfonamides is 1. The summed E-state index contributed by atoms with van der Waals surface area (Å²) in [6.45, 7) is 3.31. The van der Waals surface area contributed by atoms with E-state index in [9.17, 15) is 13.2 Å². The molecule has 0 saturated carbocycles. The molecule has 2 heterocycles. The summed E-state index contributed by atoms with van der Waals surface area (Å²) in [6, 6.07) is 4.70. The summed E-state index contributed by atoms with van der Waals surface area (Å²) < 4.78 is 37.8. The molecule has 1 amide bonds. The second-order valence-corrected chi connectivity index (χ2v) is 8.73. The van der Waals surface area contributed by atoms with Crippen LogP contribution in [0.2, 0.25) is 0 Å². The van der Waals surface area contributed by atoms with Gasteiger partial charge in [0, 0.05) is 25.2 Å². The quantitative estimate of drug-likeness (QED) is 0.714. The van der Waals surface area contributed by atoms with Gasteiger partial charge in [-0.05, 0) is 50.0 Å². The van der Waals surface area contributed by atoms with Gasteiger partial charge < -0.3 is 20.1 Å². The maximum atomic E-state index is 13.0. The lowest BCUT2D eigenvalue weighted by Crippen LogP contribution is -2.40. The lowest BCUT2D eigenvalue weighted by Gasteiger charge is -2.26. The molecule has 9 heteroatoms. The number of hydrogen-bond acceptors (Lipinski definition) is 6. The first-order chi connectivity index (χ1) is 13.0. The predicted octanol–water partition coefficient (Wildman–Crippen LogP) is 1.04. The van der Waals surface area contributed by atoms with Crippen LogP contribution in [0.3, 0.4) is 0 Å². The van der Waals surface area contributed by atoms with E-state index in [-0.39, 0.29) is 16.6 Å². The minimum Gasteiger partial charge on any atom is -0.495 e. The van der Waals surface area contributed by atoms with Crippen LogP contribution in [0.15, 0.2) is 23.1 Å². The van der Waals surface area contributed by atoms with E-state index in [4.69, 9.17) is 9.47 Å². The first-order valence-corrected chi connectivity index (χ1v) is 10.7. The molecule has 0 aliphatic carbocycles. The highest BCUT2D eigenvalue weighted by Gasteiger charge is 2.29. The van der Waals surface area contributed by atoms with Crippen LogP contribution in [-0.4, -0.2) is 65.1 Å². The van der Waals surface area contributed by atoms with Crippen LogP contribution >= 0.6 is 0 Å². The third kappa shape index (κ3) is 4.98. The van der Waals surface area contributed by atoms with Crippen LogP contribution < -0.4 is 15.4 Å². The number of benzene rings is 1. The van der Waals surface area contributed by atoms with Crippen LogP contribution in [0.1, 0.15) is 19.3 Å². The van der Waals surface area contributed by atoms with E-state index in [1.807, 2.05) is 0 Å². The van der Waals surface area contributed by atoms with E-state index in [0.29, 0.717) is 44.3 Å². The summed E-state index contributed by atoms with van der Waals surface area (Å²) in [6.07, 6.45) is 2.34. The fourth-order valence-electron chi connectivity index (χ4n) is 3.40. The molecule has 1 aromatic rings. The maximum absolute atomic E-state index is 13.0. The van der Waals surface area contributed by atoms with E-state index in [1.54, 1.807) is 12.1 Å². The maximum Gasteiger partial charge on any atom is 0.246 e. The molecule has 1 unspecified atom stereocenters. The molecule has 0 aromatic heterocycles. The number of anilines is 1. The first kappa shape index (κ1) is 20.1. The Bertz CT molecular complexity index is 756. The van der Waals surface area contributed by atoms with E-state index in [2.05, 4.69) is 10.6 Å². The number of methoxy groups -OCH3 is 1. The summed E-state index contributed by atoms with van der Waals surface area (Å²) >= 11 is 0. The van der Waals surface area contributed by atoms with Crippen molar-refractivity contribution in [1.29, 1.82) is 0 Å². The molecule has 150 valence electrons. The van der Waals surface area contributed by atoms with Crippen LogP contribution in [0.4, 0.5) is 5.69 Å². The van der Waals surface area contributed by atoms with Gasteiger partial charge in [-0.3, -0.25) is 4.79 Å². The smallest absolute Gasteiger partial charge is 0.246 e. The van der Waals surface area contributed by atoms with Crippen molar-refractivity contribution in [2.45, 2.75) is 24.2 Å². The Morgan fingerprint density at radius 1 is 1.37 bits per heavy atom. The van der Waals surface area contributed by atoms with Crippen LogP contribution in [0, 0.1) is 5.92 Å². The van der Waals surface area contributed by atoms with Gasteiger partial charge in [0.15, 0.2) is 0 Å². The molecule has 2 N–H and O–H groups in total. The number of amides is 1. The second kappa shape index (κ2) is 9.01. The van der Waals surface area contributed by atoms with Crippen LogP contribution in [0.25, 0.3) is 0 Å². The molecule has 2 aliphatic rings. The van der Waals surface area contributed by atoms with Crippen molar-refractivity contribution in [3.63, 3.8) is 0 Å². The minimum absolute atomic E-state index is 0.0599. The van der Waals surface area contributed by atoms with Crippen molar-refractivity contribution in [3.8, 4) is 5.75 Å². The number of hydrogen-bond donors (Lipinski definition) is 2. The molecule has 0 bridgehead atoms. The average Bonchev–Trinajstić information content (AvgIpc) is 3.21. The highest BCUT2D eigenvalue weighted by molar-refractivity contribution is 7.89. The molecule has 2 saturated heterocycles. The van der Waals surface area contributed by atoms with Crippen LogP contribution in [0.5, 0.6) is 5.75 Å². The number of nitrogens with zero attached hydrogens (tertiary/aromatic N) is 1. The summed E-state index contributed by atoms with van der Waals surface area (Å²) in [4.78, 5) is 12.3. The highest BCUT2D eigenvalue weighted by Crippen LogP contribution is 2.30. The summed E-state index contributed by atoms with van der Waals surface area (Å²) in [5.41, 5.74) is 0.456. The van der Waals surface area contributed by atoms with Crippen molar-refractivity contribution in [2.24, 2.45) is 5.92 Å². The summed E-state index contributed by atoms with van der Waals surface area (Å²) in [5, 5.41) is 6.10. The second-order valence-electron chi connectivity index (χ2n) is 6.83. The third-order valence-electron chi connectivity index (χ3n) is 4.98. The fourth-order valence-corrected chi connectivity index (χ4v) is 4.99. The van der Waals surface area contributed by atoms with E-state index >= 15 is 0 Å². The van der Waals surface area contributed by atoms with E-state index in [1.165, 1.54) is 17.5 Å². The van der Waals surface area contributed by atoms with E-state index in [0.717, 1.165) is 25.9 Å². The Morgan fingerprint density at radius 2 is 2.15 bits per heavy atom. The molecule has 0 spiro atoms. The Kier molecular flexibility index (Phi) is 6.69. The molecule has 1 atom stereocenters. The van der Waals surface area contributed by atoms with E-state index < -0.39 is 10.0 Å².